The minimum Gasteiger partial charge on any atom is -0.493 e. The SMILES string of the molecule is C.C.CC.CC.CC.CC.c1ccc2c(c1)CCCC2.c1ccc2c(c1)CCCCO2.c1ccc2c(c1)CCCO2.c1ccc2c(c1)Cc1ccccc1-2. The van der Waals surface area contributed by atoms with Crippen LogP contribution in [0.15, 0.2) is 121 Å². The van der Waals surface area contributed by atoms with E-state index in [0.29, 0.717) is 0 Å². The minimum atomic E-state index is 0. The standard InChI is InChI=1S/C13H10.C10H12O.C10H12.C9H10O.4C2H6.2CH4/c1-3-7-12-10(5-1)9-11-6-2-4-8-13(11)12;1-2-7-10-9(5-1)6-3-4-8-11-10;1-2-6-10-8-4-3-7-9(10)5-1;1-2-6-9-8(4-1)5-3-7-10-9;4*1-2;;/h1-8H,9H2;1-2,5,7H,3-4,6,8H2;1-2,5-6H,3-4,7-8H2;1-2,4,6H,3,5,7H2;4*1-2H3;2*1H4. The number of hydrogen-bond acceptors (Lipinski definition) is 2. The van der Waals surface area contributed by atoms with Gasteiger partial charge in [-0.2, -0.15) is 0 Å². The number of benzene rings is 5. The molecule has 54 heavy (non-hydrogen) atoms. The van der Waals surface area contributed by atoms with Gasteiger partial charge in [-0.3, -0.25) is 0 Å². The summed E-state index contributed by atoms with van der Waals surface area (Å²) in [6.45, 7) is 17.8. The maximum absolute atomic E-state index is 5.55. The van der Waals surface area contributed by atoms with Crippen LogP contribution in [-0.4, -0.2) is 13.2 Å². The third kappa shape index (κ3) is 16.0. The van der Waals surface area contributed by atoms with Crippen molar-refractivity contribution in [2.75, 3.05) is 13.2 Å². The zero-order chi connectivity index (χ0) is 37.8. The van der Waals surface area contributed by atoms with Crippen LogP contribution in [0.2, 0.25) is 0 Å². The summed E-state index contributed by atoms with van der Waals surface area (Å²) in [5, 5.41) is 0. The van der Waals surface area contributed by atoms with Crippen LogP contribution in [0.1, 0.15) is 136 Å². The van der Waals surface area contributed by atoms with Crippen molar-refractivity contribution in [3.05, 3.63) is 155 Å². The number of fused-ring (bicyclic) bond motifs is 6. The molecule has 2 aliphatic heterocycles. The van der Waals surface area contributed by atoms with Gasteiger partial charge in [0.05, 0.1) is 13.2 Å². The Labute approximate surface area is 333 Å². The van der Waals surface area contributed by atoms with Gasteiger partial charge in [-0.1, -0.05) is 179 Å². The summed E-state index contributed by atoms with van der Waals surface area (Å²) in [6.07, 6.45) is 12.4. The molecule has 296 valence electrons. The molecule has 2 aliphatic carbocycles. The lowest BCUT2D eigenvalue weighted by atomic mass is 9.92. The van der Waals surface area contributed by atoms with Crippen LogP contribution in [-0.2, 0) is 32.1 Å². The Morgan fingerprint density at radius 2 is 0.611 bits per heavy atom. The topological polar surface area (TPSA) is 18.5 Å². The van der Waals surface area contributed by atoms with Crippen LogP contribution in [0.5, 0.6) is 11.5 Å². The summed E-state index contributed by atoms with van der Waals surface area (Å²) in [5.41, 5.74) is 11.6. The lowest BCUT2D eigenvalue weighted by molar-refractivity contribution is 0.288. The van der Waals surface area contributed by atoms with Gasteiger partial charge < -0.3 is 9.47 Å². The fourth-order valence-corrected chi connectivity index (χ4v) is 6.50. The molecular weight excluding hydrogens is 657 g/mol. The highest BCUT2D eigenvalue weighted by atomic mass is 16.5. The van der Waals surface area contributed by atoms with E-state index in [1.165, 1.54) is 84.7 Å². The van der Waals surface area contributed by atoms with Gasteiger partial charge in [0, 0.05) is 0 Å². The second kappa shape index (κ2) is 31.1. The fourth-order valence-electron chi connectivity index (χ4n) is 6.50. The number of para-hydroxylation sites is 2. The highest BCUT2D eigenvalue weighted by Crippen LogP contribution is 2.35. The first-order valence-electron chi connectivity index (χ1n) is 20.5. The van der Waals surface area contributed by atoms with Crippen molar-refractivity contribution in [2.45, 2.75) is 134 Å². The molecule has 0 atom stereocenters. The summed E-state index contributed by atoms with van der Waals surface area (Å²) < 4.78 is 11.0. The monoisotopic (exact) mass is 733 g/mol. The average Bonchev–Trinajstić information content (AvgIpc) is 3.46. The zero-order valence-corrected chi connectivity index (χ0v) is 33.8. The molecule has 0 saturated carbocycles. The molecule has 0 aromatic heterocycles. The molecule has 9 rings (SSSR count). The predicted octanol–water partition coefficient (Wildman–Crippen LogP) is 15.6. The lowest BCUT2D eigenvalue weighted by Gasteiger charge is -2.15. The van der Waals surface area contributed by atoms with E-state index in [4.69, 9.17) is 9.47 Å². The maximum atomic E-state index is 5.55. The molecule has 0 amide bonds. The van der Waals surface area contributed by atoms with Gasteiger partial charge in [-0.05, 0) is 121 Å². The van der Waals surface area contributed by atoms with Gasteiger partial charge in [0.15, 0.2) is 0 Å². The first kappa shape index (κ1) is 49.7. The Bertz CT molecular complexity index is 1470. The van der Waals surface area contributed by atoms with E-state index in [0.717, 1.165) is 37.6 Å². The summed E-state index contributed by atoms with van der Waals surface area (Å²) >= 11 is 0. The van der Waals surface area contributed by atoms with Gasteiger partial charge >= 0.3 is 0 Å². The number of hydrogen-bond donors (Lipinski definition) is 0. The van der Waals surface area contributed by atoms with Crippen molar-refractivity contribution in [1.29, 1.82) is 0 Å². The number of rotatable bonds is 0. The Balaban J connectivity index is 0.000000648. The normalized spacial score (nSPS) is 12.7. The van der Waals surface area contributed by atoms with Gasteiger partial charge in [-0.25, -0.2) is 0 Å². The van der Waals surface area contributed by atoms with Crippen molar-refractivity contribution in [2.24, 2.45) is 0 Å². The van der Waals surface area contributed by atoms with Crippen molar-refractivity contribution in [3.63, 3.8) is 0 Å². The second-order valence-electron chi connectivity index (χ2n) is 11.9. The predicted molar refractivity (Wildman–Crippen MR) is 242 cm³/mol. The molecule has 0 N–H and O–H groups in total. The van der Waals surface area contributed by atoms with Crippen LogP contribution >= 0.6 is 0 Å². The minimum absolute atomic E-state index is 0. The first-order chi connectivity index (χ1) is 25.8. The molecule has 2 heterocycles. The molecule has 0 radical (unpaired) electrons. The first-order valence-corrected chi connectivity index (χ1v) is 20.5. The van der Waals surface area contributed by atoms with Crippen molar-refractivity contribution in [1.82, 2.24) is 0 Å². The molecule has 0 fully saturated rings. The van der Waals surface area contributed by atoms with E-state index in [1.807, 2.05) is 73.6 Å². The van der Waals surface area contributed by atoms with Crippen molar-refractivity contribution < 1.29 is 9.47 Å². The van der Waals surface area contributed by atoms with Crippen LogP contribution in [0.3, 0.4) is 0 Å². The maximum Gasteiger partial charge on any atom is 0.122 e. The van der Waals surface area contributed by atoms with E-state index >= 15 is 0 Å². The molecular formula is C52H76O2. The third-order valence-electron chi connectivity index (χ3n) is 8.86. The third-order valence-corrected chi connectivity index (χ3v) is 8.86. The summed E-state index contributed by atoms with van der Waals surface area (Å²) in [4.78, 5) is 0. The second-order valence-corrected chi connectivity index (χ2v) is 11.9. The quantitative estimate of drug-likeness (QED) is 0.155. The highest BCUT2D eigenvalue weighted by molar-refractivity contribution is 5.76. The highest BCUT2D eigenvalue weighted by Gasteiger charge is 2.16. The van der Waals surface area contributed by atoms with E-state index < -0.39 is 0 Å². The van der Waals surface area contributed by atoms with E-state index in [1.54, 1.807) is 11.1 Å². The van der Waals surface area contributed by atoms with Crippen molar-refractivity contribution in [3.8, 4) is 22.6 Å². The smallest absolute Gasteiger partial charge is 0.122 e. The molecule has 4 aliphatic rings. The van der Waals surface area contributed by atoms with Crippen LogP contribution in [0.25, 0.3) is 11.1 Å². The summed E-state index contributed by atoms with van der Waals surface area (Å²) in [6, 6.07) is 42.7. The Morgan fingerprint density at radius 1 is 0.315 bits per heavy atom. The molecule has 2 nitrogen and oxygen atoms in total. The molecule has 2 heteroatoms. The summed E-state index contributed by atoms with van der Waals surface area (Å²) in [5.74, 6) is 2.17. The van der Waals surface area contributed by atoms with Gasteiger partial charge in [0.2, 0.25) is 0 Å². The van der Waals surface area contributed by atoms with E-state index in [9.17, 15) is 0 Å². The summed E-state index contributed by atoms with van der Waals surface area (Å²) in [7, 11) is 0. The molecule has 0 bridgehead atoms. The van der Waals surface area contributed by atoms with Crippen molar-refractivity contribution >= 4 is 0 Å². The largest absolute Gasteiger partial charge is 0.493 e. The zero-order valence-electron chi connectivity index (χ0n) is 33.8. The van der Waals surface area contributed by atoms with E-state index in [-0.39, 0.29) is 14.9 Å². The van der Waals surface area contributed by atoms with Gasteiger partial charge in [-0.15, -0.1) is 0 Å². The van der Waals surface area contributed by atoms with Crippen LogP contribution in [0.4, 0.5) is 0 Å². The van der Waals surface area contributed by atoms with Crippen LogP contribution < -0.4 is 9.47 Å². The molecule has 0 spiro atoms. The molecule has 0 saturated heterocycles. The Kier molecular flexibility index (Phi) is 28.6. The van der Waals surface area contributed by atoms with Crippen LogP contribution in [0, 0.1) is 0 Å². The Hall–Kier alpha value is -4.30. The molecule has 5 aromatic rings. The molecule has 5 aromatic carbocycles. The van der Waals surface area contributed by atoms with E-state index in [2.05, 4.69) is 103 Å². The molecule has 0 unspecified atom stereocenters. The Morgan fingerprint density at radius 3 is 1.06 bits per heavy atom. The van der Waals surface area contributed by atoms with Gasteiger partial charge in [0.25, 0.3) is 0 Å². The lowest BCUT2D eigenvalue weighted by Crippen LogP contribution is -2.07. The number of aryl methyl sites for hydroxylation is 4. The number of ether oxygens (including phenoxy) is 2. The average molecular weight is 733 g/mol. The van der Waals surface area contributed by atoms with Gasteiger partial charge in [0.1, 0.15) is 11.5 Å². The fraction of sp³-hybridized carbons (Fsp3) is 0.423.